The molecule has 1 unspecified atom stereocenters. The Morgan fingerprint density at radius 2 is 2.18 bits per heavy atom. The topological polar surface area (TPSA) is 72.5 Å². The van der Waals surface area contributed by atoms with Crippen LogP contribution in [-0.4, -0.2) is 29.8 Å². The molecule has 4 heteroatoms. The van der Waals surface area contributed by atoms with Crippen LogP contribution < -0.4 is 5.73 Å². The summed E-state index contributed by atoms with van der Waals surface area (Å²) in [6.45, 7) is 3.35. The third-order valence-electron chi connectivity index (χ3n) is 1.60. The first kappa shape index (κ1) is 10.4. The first-order valence-electron chi connectivity index (χ1n) is 3.67. The van der Waals surface area contributed by atoms with Gasteiger partial charge in [-0.15, -0.1) is 0 Å². The number of hydrogen-bond acceptors (Lipinski definition) is 4. The van der Waals surface area contributed by atoms with Gasteiger partial charge in [-0.1, -0.05) is 6.92 Å². The zero-order chi connectivity index (χ0) is 8.91. The number of esters is 1. The van der Waals surface area contributed by atoms with Crippen LogP contribution >= 0.6 is 0 Å². The van der Waals surface area contributed by atoms with Gasteiger partial charge < -0.3 is 15.6 Å². The van der Waals surface area contributed by atoms with Crippen LogP contribution in [0.15, 0.2) is 0 Å². The van der Waals surface area contributed by atoms with Crippen molar-refractivity contribution in [3.05, 3.63) is 0 Å². The molecular formula is C7H15NO3. The number of hydrogen-bond donors (Lipinski definition) is 2. The highest BCUT2D eigenvalue weighted by Gasteiger charge is 2.32. The van der Waals surface area contributed by atoms with E-state index in [0.29, 0.717) is 6.42 Å². The number of carbonyl (C=O) groups excluding carboxylic acids is 1. The van der Waals surface area contributed by atoms with Gasteiger partial charge >= 0.3 is 5.97 Å². The van der Waals surface area contributed by atoms with Crippen molar-refractivity contribution in [2.75, 3.05) is 13.2 Å². The van der Waals surface area contributed by atoms with E-state index in [4.69, 9.17) is 10.8 Å². The van der Waals surface area contributed by atoms with Gasteiger partial charge in [0.15, 0.2) is 0 Å². The maximum atomic E-state index is 11.0. The second-order valence-corrected chi connectivity index (χ2v) is 2.39. The fourth-order valence-corrected chi connectivity index (χ4v) is 0.596. The van der Waals surface area contributed by atoms with Gasteiger partial charge in [-0.3, -0.25) is 0 Å². The molecule has 0 saturated heterocycles. The molecule has 0 aromatic carbocycles. The normalized spacial score (nSPS) is 15.6. The van der Waals surface area contributed by atoms with Crippen molar-refractivity contribution in [1.29, 1.82) is 0 Å². The van der Waals surface area contributed by atoms with Gasteiger partial charge in [0.2, 0.25) is 0 Å². The van der Waals surface area contributed by atoms with Crippen LogP contribution in [0.25, 0.3) is 0 Å². The number of nitrogens with two attached hydrogens (primary N) is 1. The molecule has 0 amide bonds. The molecular weight excluding hydrogens is 146 g/mol. The third kappa shape index (κ3) is 2.48. The lowest BCUT2D eigenvalue weighted by molar-refractivity contribution is -0.151. The minimum atomic E-state index is -1.21. The van der Waals surface area contributed by atoms with Gasteiger partial charge in [-0.2, -0.15) is 0 Å². The van der Waals surface area contributed by atoms with Crippen LogP contribution in [0.1, 0.15) is 20.3 Å². The predicted octanol–water partition coefficient (Wildman–Crippen LogP) is -0.351. The number of rotatable bonds is 4. The van der Waals surface area contributed by atoms with Crippen molar-refractivity contribution in [2.45, 2.75) is 25.8 Å². The zero-order valence-corrected chi connectivity index (χ0v) is 6.96. The van der Waals surface area contributed by atoms with E-state index in [1.54, 1.807) is 13.8 Å². The average Bonchev–Trinajstić information content (AvgIpc) is 2.03. The van der Waals surface area contributed by atoms with E-state index in [9.17, 15) is 4.79 Å². The second-order valence-electron chi connectivity index (χ2n) is 2.39. The van der Waals surface area contributed by atoms with E-state index in [0.717, 1.165) is 0 Å². The SMILES string of the molecule is CCOC(=O)C(N)(CC)CO. The fourth-order valence-electron chi connectivity index (χ4n) is 0.596. The number of ether oxygens (including phenoxy) is 1. The van der Waals surface area contributed by atoms with Gasteiger partial charge in [0, 0.05) is 0 Å². The third-order valence-corrected chi connectivity index (χ3v) is 1.60. The summed E-state index contributed by atoms with van der Waals surface area (Å²) < 4.78 is 4.66. The standard InChI is InChI=1S/C7H15NO3/c1-3-7(8,5-9)6(10)11-4-2/h9H,3-5,8H2,1-2H3. The molecule has 0 fully saturated rings. The van der Waals surface area contributed by atoms with Crippen LogP contribution in [0.5, 0.6) is 0 Å². The molecule has 0 heterocycles. The van der Waals surface area contributed by atoms with Crippen LogP contribution in [0, 0.1) is 0 Å². The first-order chi connectivity index (χ1) is 5.10. The van der Waals surface area contributed by atoms with Gasteiger partial charge in [0.05, 0.1) is 13.2 Å². The Morgan fingerprint density at radius 3 is 2.45 bits per heavy atom. The highest BCUT2D eigenvalue weighted by atomic mass is 16.5. The van der Waals surface area contributed by atoms with Crippen LogP contribution in [0.4, 0.5) is 0 Å². The fraction of sp³-hybridized carbons (Fsp3) is 0.857. The van der Waals surface area contributed by atoms with Crippen LogP contribution in [0.3, 0.4) is 0 Å². The van der Waals surface area contributed by atoms with Crippen molar-refractivity contribution in [1.82, 2.24) is 0 Å². The van der Waals surface area contributed by atoms with Gasteiger partial charge in [0.1, 0.15) is 5.54 Å². The Bertz CT molecular complexity index is 132. The molecule has 0 aliphatic rings. The lowest BCUT2D eigenvalue weighted by atomic mass is 9.99. The molecule has 1 atom stereocenters. The van der Waals surface area contributed by atoms with Crippen LogP contribution in [0.2, 0.25) is 0 Å². The molecule has 0 aromatic rings. The lowest BCUT2D eigenvalue weighted by Gasteiger charge is -2.22. The van der Waals surface area contributed by atoms with Gasteiger partial charge in [-0.05, 0) is 13.3 Å². The van der Waals surface area contributed by atoms with Crippen molar-refractivity contribution in [3.63, 3.8) is 0 Å². The largest absolute Gasteiger partial charge is 0.465 e. The minimum absolute atomic E-state index is 0.289. The number of aliphatic hydroxyl groups is 1. The van der Waals surface area contributed by atoms with E-state index in [1.165, 1.54) is 0 Å². The minimum Gasteiger partial charge on any atom is -0.465 e. The molecule has 0 spiro atoms. The zero-order valence-electron chi connectivity index (χ0n) is 6.96. The van der Waals surface area contributed by atoms with Crippen molar-refractivity contribution >= 4 is 5.97 Å². The highest BCUT2D eigenvalue weighted by Crippen LogP contribution is 2.07. The quantitative estimate of drug-likeness (QED) is 0.553. The monoisotopic (exact) mass is 161 g/mol. The second kappa shape index (κ2) is 4.31. The summed E-state index contributed by atoms with van der Waals surface area (Å²) in [5, 5.41) is 8.76. The molecule has 0 aromatic heterocycles. The summed E-state index contributed by atoms with van der Waals surface area (Å²) in [4.78, 5) is 11.0. The Kier molecular flexibility index (Phi) is 4.07. The van der Waals surface area contributed by atoms with E-state index >= 15 is 0 Å². The molecule has 3 N–H and O–H groups in total. The summed E-state index contributed by atoms with van der Waals surface area (Å²) in [6, 6.07) is 0. The highest BCUT2D eigenvalue weighted by molar-refractivity contribution is 5.80. The van der Waals surface area contributed by atoms with Crippen molar-refractivity contribution < 1.29 is 14.6 Å². The van der Waals surface area contributed by atoms with Crippen LogP contribution in [-0.2, 0) is 9.53 Å². The summed E-state index contributed by atoms with van der Waals surface area (Å²) in [5.41, 5.74) is 4.29. The summed E-state index contributed by atoms with van der Waals surface area (Å²) >= 11 is 0. The molecule has 0 aliphatic carbocycles. The maximum absolute atomic E-state index is 11.0. The number of aliphatic hydroxyl groups excluding tert-OH is 1. The molecule has 11 heavy (non-hydrogen) atoms. The Hall–Kier alpha value is -0.610. The Labute approximate surface area is 66.3 Å². The van der Waals surface area contributed by atoms with E-state index in [2.05, 4.69) is 4.74 Å². The van der Waals surface area contributed by atoms with E-state index in [-0.39, 0.29) is 13.2 Å². The van der Waals surface area contributed by atoms with Gasteiger partial charge in [-0.25, -0.2) is 4.79 Å². The molecule has 66 valence electrons. The molecule has 0 aliphatic heterocycles. The van der Waals surface area contributed by atoms with Crippen molar-refractivity contribution in [2.24, 2.45) is 5.73 Å². The molecule has 4 nitrogen and oxygen atoms in total. The summed E-state index contributed by atoms with van der Waals surface area (Å²) in [5.74, 6) is -0.537. The maximum Gasteiger partial charge on any atom is 0.328 e. The molecule has 0 saturated carbocycles. The van der Waals surface area contributed by atoms with E-state index < -0.39 is 11.5 Å². The summed E-state index contributed by atoms with van der Waals surface area (Å²) in [6.07, 6.45) is 0.377. The van der Waals surface area contributed by atoms with Crippen molar-refractivity contribution in [3.8, 4) is 0 Å². The smallest absolute Gasteiger partial charge is 0.328 e. The predicted molar refractivity (Wildman–Crippen MR) is 40.9 cm³/mol. The number of carbonyl (C=O) groups is 1. The Morgan fingerprint density at radius 1 is 1.64 bits per heavy atom. The Balaban J connectivity index is 4.12. The van der Waals surface area contributed by atoms with Gasteiger partial charge in [0.25, 0.3) is 0 Å². The molecule has 0 bridgehead atoms. The molecule has 0 rings (SSSR count). The first-order valence-corrected chi connectivity index (χ1v) is 3.67. The average molecular weight is 161 g/mol. The lowest BCUT2D eigenvalue weighted by Crippen LogP contribution is -2.51. The molecule has 0 radical (unpaired) electrons. The van der Waals surface area contributed by atoms with E-state index in [1.807, 2.05) is 0 Å². The summed E-state index contributed by atoms with van der Waals surface area (Å²) in [7, 11) is 0.